The van der Waals surface area contributed by atoms with Crippen LogP contribution in [0.5, 0.6) is 0 Å². The smallest absolute Gasteiger partial charge is 0.255 e. The molecule has 0 aromatic heterocycles. The van der Waals surface area contributed by atoms with Gasteiger partial charge in [0.05, 0.1) is 15.6 Å². The van der Waals surface area contributed by atoms with Crippen molar-refractivity contribution in [2.45, 2.75) is 31.7 Å². The van der Waals surface area contributed by atoms with Gasteiger partial charge in [-0.25, -0.2) is 0 Å². The zero-order valence-corrected chi connectivity index (χ0v) is 13.6. The fourth-order valence-corrected chi connectivity index (χ4v) is 3.48. The van der Waals surface area contributed by atoms with Gasteiger partial charge in [-0.1, -0.05) is 58.0 Å². The van der Waals surface area contributed by atoms with E-state index in [2.05, 4.69) is 15.9 Å². The zero-order valence-electron chi connectivity index (χ0n) is 10.5. The monoisotopic (exact) mass is 363 g/mol. The highest BCUT2D eigenvalue weighted by Gasteiger charge is 2.27. The van der Waals surface area contributed by atoms with Crippen molar-refractivity contribution in [2.24, 2.45) is 0 Å². The molecule has 5 heteroatoms. The van der Waals surface area contributed by atoms with E-state index >= 15 is 0 Å². The number of nitrogens with zero attached hydrogens (tertiary/aromatic N) is 1. The Balaban J connectivity index is 2.28. The molecule has 19 heavy (non-hydrogen) atoms. The highest BCUT2D eigenvalue weighted by atomic mass is 79.9. The Morgan fingerprint density at radius 2 is 2.11 bits per heavy atom. The van der Waals surface area contributed by atoms with Gasteiger partial charge in [0.1, 0.15) is 0 Å². The van der Waals surface area contributed by atoms with Crippen LogP contribution < -0.4 is 0 Å². The van der Waals surface area contributed by atoms with Gasteiger partial charge in [0, 0.05) is 17.9 Å². The lowest BCUT2D eigenvalue weighted by molar-refractivity contribution is 0.0702. The summed E-state index contributed by atoms with van der Waals surface area (Å²) in [5, 5.41) is 1.58. The van der Waals surface area contributed by atoms with E-state index < -0.39 is 0 Å². The first kappa shape index (κ1) is 15.1. The SMILES string of the molecule is O=C(c1cccc(Cl)c1Cl)N1CCCCCC1CBr. The predicted octanol–water partition coefficient (Wildman–Crippen LogP) is 4.77. The molecular weight excluding hydrogens is 349 g/mol. The third kappa shape index (κ3) is 3.45. The summed E-state index contributed by atoms with van der Waals surface area (Å²) in [5.41, 5.74) is 0.502. The number of rotatable bonds is 2. The van der Waals surface area contributed by atoms with Crippen LogP contribution in [0.3, 0.4) is 0 Å². The van der Waals surface area contributed by atoms with E-state index in [1.807, 2.05) is 4.90 Å². The van der Waals surface area contributed by atoms with Crippen molar-refractivity contribution < 1.29 is 4.79 Å². The Hall–Kier alpha value is -0.250. The number of carbonyl (C=O) groups excluding carboxylic acids is 1. The third-order valence-corrected chi connectivity index (χ3v) is 5.06. The van der Waals surface area contributed by atoms with Crippen molar-refractivity contribution in [3.63, 3.8) is 0 Å². The second-order valence-electron chi connectivity index (χ2n) is 4.76. The average molecular weight is 365 g/mol. The normalized spacial score (nSPS) is 20.2. The van der Waals surface area contributed by atoms with E-state index in [-0.39, 0.29) is 11.9 Å². The largest absolute Gasteiger partial charge is 0.335 e. The van der Waals surface area contributed by atoms with Crippen LogP contribution in [0.4, 0.5) is 0 Å². The molecule has 0 saturated carbocycles. The lowest BCUT2D eigenvalue weighted by Crippen LogP contribution is -2.41. The Kier molecular flexibility index (Phi) is 5.55. The van der Waals surface area contributed by atoms with E-state index in [0.717, 1.165) is 24.7 Å². The fourth-order valence-electron chi connectivity index (χ4n) is 2.43. The Morgan fingerprint density at radius 1 is 1.32 bits per heavy atom. The summed E-state index contributed by atoms with van der Waals surface area (Å²) in [6, 6.07) is 5.45. The van der Waals surface area contributed by atoms with Crippen molar-refractivity contribution in [1.29, 1.82) is 0 Å². The van der Waals surface area contributed by atoms with Crippen LogP contribution in [0.25, 0.3) is 0 Å². The number of hydrogen-bond donors (Lipinski definition) is 0. The quantitative estimate of drug-likeness (QED) is 0.692. The highest BCUT2D eigenvalue weighted by Crippen LogP contribution is 2.28. The van der Waals surface area contributed by atoms with Crippen LogP contribution in [-0.2, 0) is 0 Å². The number of amides is 1. The first-order chi connectivity index (χ1) is 9.15. The summed E-state index contributed by atoms with van der Waals surface area (Å²) in [4.78, 5) is 14.6. The maximum atomic E-state index is 12.7. The third-order valence-electron chi connectivity index (χ3n) is 3.50. The van der Waals surface area contributed by atoms with Gasteiger partial charge >= 0.3 is 0 Å². The summed E-state index contributed by atoms with van der Waals surface area (Å²) >= 11 is 15.6. The lowest BCUT2D eigenvalue weighted by atomic mass is 10.1. The number of carbonyl (C=O) groups is 1. The van der Waals surface area contributed by atoms with Gasteiger partial charge in [0.25, 0.3) is 5.91 Å². The minimum Gasteiger partial charge on any atom is -0.335 e. The topological polar surface area (TPSA) is 20.3 Å². The number of hydrogen-bond acceptors (Lipinski definition) is 1. The lowest BCUT2D eigenvalue weighted by Gasteiger charge is -2.29. The molecule has 104 valence electrons. The molecule has 2 nitrogen and oxygen atoms in total. The number of likely N-dealkylation sites (tertiary alicyclic amines) is 1. The van der Waals surface area contributed by atoms with Gasteiger partial charge in [-0.3, -0.25) is 4.79 Å². The minimum absolute atomic E-state index is 0.0150. The molecule has 1 unspecified atom stereocenters. The van der Waals surface area contributed by atoms with Gasteiger partial charge in [0.2, 0.25) is 0 Å². The summed E-state index contributed by atoms with van der Waals surface area (Å²) in [6.45, 7) is 0.790. The molecule has 1 fully saturated rings. The van der Waals surface area contributed by atoms with Crippen LogP contribution in [0.2, 0.25) is 10.0 Å². The van der Waals surface area contributed by atoms with Crippen LogP contribution in [0.15, 0.2) is 18.2 Å². The zero-order chi connectivity index (χ0) is 13.8. The maximum Gasteiger partial charge on any atom is 0.255 e. The van der Waals surface area contributed by atoms with Crippen molar-refractivity contribution in [1.82, 2.24) is 4.90 Å². The average Bonchev–Trinajstić information content (AvgIpc) is 2.66. The number of alkyl halides is 1. The second kappa shape index (κ2) is 6.96. The standard InChI is InChI=1S/C14H16BrCl2NO/c15-9-10-5-2-1-3-8-18(10)14(19)11-6-4-7-12(16)13(11)17/h4,6-7,10H,1-3,5,8-9H2. The molecule has 2 rings (SSSR count). The molecule has 0 spiro atoms. The first-order valence-corrected chi connectivity index (χ1v) is 8.34. The van der Waals surface area contributed by atoms with Crippen LogP contribution >= 0.6 is 39.1 Å². The molecule has 1 heterocycles. The fraction of sp³-hybridized carbons (Fsp3) is 0.500. The Morgan fingerprint density at radius 3 is 2.84 bits per heavy atom. The molecular formula is C14H16BrCl2NO. The van der Waals surface area contributed by atoms with Gasteiger partial charge in [0.15, 0.2) is 0 Å². The molecule has 1 aliphatic rings. The van der Waals surface area contributed by atoms with Crippen LogP contribution in [0.1, 0.15) is 36.0 Å². The van der Waals surface area contributed by atoms with Crippen molar-refractivity contribution in [2.75, 3.05) is 11.9 Å². The molecule has 1 aliphatic heterocycles. The summed E-state index contributed by atoms with van der Waals surface area (Å²) in [7, 11) is 0. The maximum absolute atomic E-state index is 12.7. The van der Waals surface area contributed by atoms with Crippen LogP contribution in [-0.4, -0.2) is 28.7 Å². The first-order valence-electron chi connectivity index (χ1n) is 6.46. The van der Waals surface area contributed by atoms with Crippen molar-refractivity contribution in [3.8, 4) is 0 Å². The van der Waals surface area contributed by atoms with Gasteiger partial charge < -0.3 is 4.90 Å². The van der Waals surface area contributed by atoms with E-state index in [0.29, 0.717) is 15.6 Å². The minimum atomic E-state index is -0.0150. The molecule has 1 aromatic rings. The summed E-state index contributed by atoms with van der Waals surface area (Å²) in [5.74, 6) is -0.0150. The van der Waals surface area contributed by atoms with E-state index in [4.69, 9.17) is 23.2 Å². The Labute approximate surface area is 132 Å². The molecule has 1 saturated heterocycles. The molecule has 0 N–H and O–H groups in total. The van der Waals surface area contributed by atoms with Crippen LogP contribution in [0, 0.1) is 0 Å². The second-order valence-corrected chi connectivity index (χ2v) is 6.19. The number of benzene rings is 1. The van der Waals surface area contributed by atoms with Gasteiger partial charge in [-0.2, -0.15) is 0 Å². The molecule has 1 aromatic carbocycles. The molecule has 1 atom stereocenters. The molecule has 0 aliphatic carbocycles. The predicted molar refractivity (Wildman–Crippen MR) is 83.5 cm³/mol. The van der Waals surface area contributed by atoms with E-state index in [1.165, 1.54) is 12.8 Å². The van der Waals surface area contributed by atoms with Crippen molar-refractivity contribution in [3.05, 3.63) is 33.8 Å². The summed E-state index contributed by atoms with van der Waals surface area (Å²) in [6.07, 6.45) is 4.43. The van der Waals surface area contributed by atoms with E-state index in [9.17, 15) is 4.79 Å². The van der Waals surface area contributed by atoms with Gasteiger partial charge in [-0.05, 0) is 25.0 Å². The molecule has 0 bridgehead atoms. The van der Waals surface area contributed by atoms with E-state index in [1.54, 1.807) is 18.2 Å². The molecule has 0 radical (unpaired) electrons. The highest BCUT2D eigenvalue weighted by molar-refractivity contribution is 9.09. The summed E-state index contributed by atoms with van der Waals surface area (Å²) < 4.78 is 0. The molecule has 1 amide bonds. The van der Waals surface area contributed by atoms with Crippen molar-refractivity contribution >= 4 is 45.0 Å². The number of halogens is 3. The Bertz CT molecular complexity index is 467. The van der Waals surface area contributed by atoms with Gasteiger partial charge in [-0.15, -0.1) is 0 Å².